The Morgan fingerprint density at radius 3 is 2.30 bits per heavy atom. The van der Waals surface area contributed by atoms with Gasteiger partial charge in [-0.25, -0.2) is 17.2 Å². The SMILES string of the molecule is Cc1c(CCSCCO)cc(-c2ccc(S(C)(=O)=O)cc2)n1-c1ccc(F)c(F)c1. The van der Waals surface area contributed by atoms with Crippen molar-refractivity contribution in [3.8, 4) is 16.9 Å². The molecule has 1 N–H and O–H groups in total. The molecule has 30 heavy (non-hydrogen) atoms. The summed E-state index contributed by atoms with van der Waals surface area (Å²) in [6.45, 7) is 2.04. The Bertz CT molecular complexity index is 1140. The van der Waals surface area contributed by atoms with E-state index in [1.54, 1.807) is 36.0 Å². The van der Waals surface area contributed by atoms with Gasteiger partial charge in [0.15, 0.2) is 21.5 Å². The molecule has 0 saturated heterocycles. The molecule has 0 atom stereocenters. The fourth-order valence-corrected chi connectivity index (χ4v) is 4.63. The Morgan fingerprint density at radius 2 is 1.70 bits per heavy atom. The van der Waals surface area contributed by atoms with E-state index in [0.717, 1.165) is 53.1 Å². The average molecular weight is 452 g/mol. The molecule has 8 heteroatoms. The van der Waals surface area contributed by atoms with Crippen molar-refractivity contribution in [1.82, 2.24) is 4.57 Å². The lowest BCUT2D eigenvalue weighted by atomic mass is 10.1. The fraction of sp³-hybridized carbons (Fsp3) is 0.273. The van der Waals surface area contributed by atoms with Crippen molar-refractivity contribution in [2.45, 2.75) is 18.2 Å². The molecule has 0 aliphatic carbocycles. The summed E-state index contributed by atoms with van der Waals surface area (Å²) in [6.07, 6.45) is 1.90. The molecule has 160 valence electrons. The maximum atomic E-state index is 13.9. The van der Waals surface area contributed by atoms with Crippen LogP contribution in [0.5, 0.6) is 0 Å². The van der Waals surface area contributed by atoms with Crippen LogP contribution in [0.3, 0.4) is 0 Å². The highest BCUT2D eigenvalue weighted by Crippen LogP contribution is 2.31. The van der Waals surface area contributed by atoms with Crippen LogP contribution >= 0.6 is 11.8 Å². The number of aryl methyl sites for hydroxylation is 1. The van der Waals surface area contributed by atoms with Crippen molar-refractivity contribution in [3.05, 3.63) is 71.4 Å². The van der Waals surface area contributed by atoms with Crippen LogP contribution in [-0.4, -0.2) is 42.5 Å². The first-order valence-corrected chi connectivity index (χ1v) is 12.4. The first kappa shape index (κ1) is 22.5. The second-order valence-corrected chi connectivity index (χ2v) is 10.2. The van der Waals surface area contributed by atoms with Crippen molar-refractivity contribution >= 4 is 21.6 Å². The quantitative estimate of drug-likeness (QED) is 0.516. The van der Waals surface area contributed by atoms with Gasteiger partial charge in [-0.05, 0) is 60.6 Å². The van der Waals surface area contributed by atoms with Gasteiger partial charge in [-0.1, -0.05) is 12.1 Å². The second kappa shape index (κ2) is 9.32. The Labute approximate surface area is 179 Å². The molecule has 0 saturated carbocycles. The van der Waals surface area contributed by atoms with Crippen LogP contribution in [0.25, 0.3) is 16.9 Å². The Morgan fingerprint density at radius 1 is 1.00 bits per heavy atom. The summed E-state index contributed by atoms with van der Waals surface area (Å²) >= 11 is 1.64. The van der Waals surface area contributed by atoms with Crippen LogP contribution in [0.1, 0.15) is 11.3 Å². The largest absolute Gasteiger partial charge is 0.396 e. The first-order valence-electron chi connectivity index (χ1n) is 9.38. The topological polar surface area (TPSA) is 59.3 Å². The van der Waals surface area contributed by atoms with Gasteiger partial charge >= 0.3 is 0 Å². The van der Waals surface area contributed by atoms with Gasteiger partial charge in [0, 0.05) is 29.5 Å². The molecule has 0 amide bonds. The molecule has 0 radical (unpaired) electrons. The number of thioether (sulfide) groups is 1. The van der Waals surface area contributed by atoms with E-state index >= 15 is 0 Å². The number of sulfone groups is 1. The highest BCUT2D eigenvalue weighted by molar-refractivity contribution is 7.99. The molecule has 0 aliphatic rings. The minimum Gasteiger partial charge on any atom is -0.396 e. The van der Waals surface area contributed by atoms with Gasteiger partial charge in [0.25, 0.3) is 0 Å². The van der Waals surface area contributed by atoms with Crippen LogP contribution in [-0.2, 0) is 16.3 Å². The molecule has 0 spiro atoms. The zero-order chi connectivity index (χ0) is 21.9. The van der Waals surface area contributed by atoms with Crippen LogP contribution in [0.15, 0.2) is 53.4 Å². The monoisotopic (exact) mass is 451 g/mol. The zero-order valence-electron chi connectivity index (χ0n) is 16.7. The highest BCUT2D eigenvalue weighted by atomic mass is 32.2. The number of aliphatic hydroxyl groups is 1. The van der Waals surface area contributed by atoms with Crippen LogP contribution in [0.2, 0.25) is 0 Å². The molecule has 0 aliphatic heterocycles. The maximum absolute atomic E-state index is 13.9. The van der Waals surface area contributed by atoms with Gasteiger partial charge < -0.3 is 9.67 Å². The first-order chi connectivity index (χ1) is 14.2. The molecule has 0 bridgehead atoms. The number of aromatic nitrogens is 1. The summed E-state index contributed by atoms with van der Waals surface area (Å²) in [7, 11) is -3.32. The van der Waals surface area contributed by atoms with Gasteiger partial charge in [0.05, 0.1) is 17.2 Å². The van der Waals surface area contributed by atoms with E-state index in [0.29, 0.717) is 11.4 Å². The lowest BCUT2D eigenvalue weighted by Crippen LogP contribution is -2.02. The van der Waals surface area contributed by atoms with Crippen LogP contribution in [0, 0.1) is 18.6 Å². The third-order valence-electron chi connectivity index (χ3n) is 4.84. The van der Waals surface area contributed by atoms with Crippen LogP contribution in [0.4, 0.5) is 8.78 Å². The van der Waals surface area contributed by atoms with Gasteiger partial charge in [-0.15, -0.1) is 0 Å². The Balaban J connectivity index is 2.08. The summed E-state index contributed by atoms with van der Waals surface area (Å²) in [4.78, 5) is 0.217. The smallest absolute Gasteiger partial charge is 0.175 e. The predicted molar refractivity (Wildman–Crippen MR) is 117 cm³/mol. The number of hydrogen-bond acceptors (Lipinski definition) is 4. The third-order valence-corrected chi connectivity index (χ3v) is 6.94. The van der Waals surface area contributed by atoms with Crippen LogP contribution < -0.4 is 0 Å². The summed E-state index contributed by atoms with van der Waals surface area (Å²) < 4.78 is 52.8. The van der Waals surface area contributed by atoms with E-state index in [4.69, 9.17) is 5.11 Å². The van der Waals surface area contributed by atoms with Crippen molar-refractivity contribution in [2.75, 3.05) is 24.4 Å². The van der Waals surface area contributed by atoms with E-state index in [9.17, 15) is 17.2 Å². The van der Waals surface area contributed by atoms with Gasteiger partial charge in [0.1, 0.15) is 0 Å². The van der Waals surface area contributed by atoms with Crippen molar-refractivity contribution in [2.24, 2.45) is 0 Å². The number of rotatable bonds is 8. The van der Waals surface area contributed by atoms with E-state index in [-0.39, 0.29) is 11.5 Å². The van der Waals surface area contributed by atoms with E-state index in [2.05, 4.69) is 0 Å². The van der Waals surface area contributed by atoms with E-state index < -0.39 is 21.5 Å². The molecular weight excluding hydrogens is 428 g/mol. The average Bonchev–Trinajstić information content (AvgIpc) is 3.03. The normalized spacial score (nSPS) is 11.8. The van der Waals surface area contributed by atoms with E-state index in [1.165, 1.54) is 6.07 Å². The second-order valence-electron chi connectivity index (χ2n) is 6.96. The Kier molecular flexibility index (Phi) is 7.00. The number of halogens is 2. The molecule has 3 rings (SSSR count). The number of aliphatic hydroxyl groups excluding tert-OH is 1. The predicted octanol–water partition coefficient (Wildman–Crippen LogP) is 4.40. The number of nitrogens with zero attached hydrogens (tertiary/aromatic N) is 1. The van der Waals surface area contributed by atoms with Crippen molar-refractivity contribution < 1.29 is 22.3 Å². The minimum absolute atomic E-state index is 0.122. The highest BCUT2D eigenvalue weighted by Gasteiger charge is 2.17. The summed E-state index contributed by atoms with van der Waals surface area (Å²) in [6, 6.07) is 12.3. The molecule has 4 nitrogen and oxygen atoms in total. The van der Waals surface area contributed by atoms with Gasteiger partial charge in [-0.2, -0.15) is 11.8 Å². The summed E-state index contributed by atoms with van der Waals surface area (Å²) in [5.74, 6) is -0.374. The molecular formula is C22H23F2NO3S2. The fourth-order valence-electron chi connectivity index (χ4n) is 3.30. The van der Waals surface area contributed by atoms with Crippen molar-refractivity contribution in [1.29, 1.82) is 0 Å². The molecule has 2 aromatic carbocycles. The Hall–Kier alpha value is -2.16. The molecule has 1 aromatic heterocycles. The third kappa shape index (κ3) is 4.94. The summed E-state index contributed by atoms with van der Waals surface area (Å²) in [5.41, 5.74) is 3.97. The zero-order valence-corrected chi connectivity index (χ0v) is 18.4. The standard InChI is InChI=1S/C22H23F2NO3S2/c1-15-17(9-11-29-12-10-26)13-22(16-3-6-19(7-4-16)30(2,27)28)25(15)18-5-8-20(23)21(24)14-18/h3-8,13-14,26H,9-12H2,1-2H3. The molecule has 1 heterocycles. The lowest BCUT2D eigenvalue weighted by molar-refractivity contribution is 0.322. The minimum atomic E-state index is -3.32. The molecule has 0 unspecified atom stereocenters. The maximum Gasteiger partial charge on any atom is 0.175 e. The van der Waals surface area contributed by atoms with Crippen molar-refractivity contribution in [3.63, 3.8) is 0 Å². The number of benzene rings is 2. The van der Waals surface area contributed by atoms with E-state index in [1.807, 2.05) is 17.6 Å². The van der Waals surface area contributed by atoms with Gasteiger partial charge in [0.2, 0.25) is 0 Å². The lowest BCUT2D eigenvalue weighted by Gasteiger charge is -2.13. The summed E-state index contributed by atoms with van der Waals surface area (Å²) in [5, 5.41) is 8.96. The molecule has 3 aromatic rings. The van der Waals surface area contributed by atoms with Gasteiger partial charge in [-0.3, -0.25) is 0 Å². The molecule has 0 fully saturated rings. The number of hydrogen-bond donors (Lipinski definition) is 1.